The molecule has 14 nitrogen and oxygen atoms in total. The number of nitrogens with zero attached hydrogens (tertiary/aromatic N) is 2. The third-order valence-corrected chi connectivity index (χ3v) is 13.9. The van der Waals surface area contributed by atoms with Crippen molar-refractivity contribution < 1.29 is 47.7 Å². The molecular weight excluding hydrogens is 869 g/mol. The van der Waals surface area contributed by atoms with E-state index in [0.29, 0.717) is 24.3 Å². The molecule has 2 N–H and O–H groups in total. The maximum absolute atomic E-state index is 13.5. The maximum Gasteiger partial charge on any atom is 0.303 e. The molecule has 0 unspecified atom stereocenters. The molecule has 346 valence electrons. The molecule has 1 saturated heterocycles. The number of aromatic nitrogens is 4. The Balaban J connectivity index is 1.21. The van der Waals surface area contributed by atoms with E-state index in [1.54, 1.807) is 0 Å². The average molecular weight is 927 g/mol. The van der Waals surface area contributed by atoms with Crippen LogP contribution in [-0.4, -0.2) is 96.9 Å². The first-order valence-corrected chi connectivity index (χ1v) is 23.8. The molecule has 0 spiro atoms. The molecule has 3 aromatic heterocycles. The van der Waals surface area contributed by atoms with E-state index in [0.717, 1.165) is 84.7 Å². The molecule has 0 saturated carbocycles. The van der Waals surface area contributed by atoms with Crippen molar-refractivity contribution in [2.45, 2.75) is 125 Å². The third kappa shape index (κ3) is 11.3. The van der Waals surface area contributed by atoms with Gasteiger partial charge in [-0.1, -0.05) is 31.3 Å². The normalized spacial score (nSPS) is 19.4. The van der Waals surface area contributed by atoms with Gasteiger partial charge in [0.1, 0.15) is 18.1 Å². The molecule has 1 fully saturated rings. The number of hydrogen-bond donors (Lipinski definition) is 2. The smallest absolute Gasteiger partial charge is 0.303 e. The number of H-pyrrole nitrogens is 2. The molecule has 3 aromatic rings. The largest absolute Gasteiger partial charge is 0.463 e. The summed E-state index contributed by atoms with van der Waals surface area (Å²) in [5, 5.41) is 0.0257. The zero-order valence-corrected chi connectivity index (χ0v) is 40.4. The van der Waals surface area contributed by atoms with Crippen LogP contribution in [0.4, 0.5) is 0 Å². The summed E-state index contributed by atoms with van der Waals surface area (Å²) in [6.07, 6.45) is 1.57. The van der Waals surface area contributed by atoms with E-state index >= 15 is 0 Å². The minimum atomic E-state index is -1.23. The highest BCUT2D eigenvalue weighted by Crippen LogP contribution is 2.39. The number of thioether (sulfide) groups is 2. The number of aryl methyl sites for hydroxylation is 3. The average Bonchev–Trinajstić information content (AvgIpc) is 3.94. The summed E-state index contributed by atoms with van der Waals surface area (Å²) in [5.41, 5.74) is 14.9. The predicted molar refractivity (Wildman–Crippen MR) is 256 cm³/mol. The van der Waals surface area contributed by atoms with Gasteiger partial charge in [-0.05, 0) is 117 Å². The predicted octanol–water partition coefficient (Wildman–Crippen LogP) is 9.18. The lowest BCUT2D eigenvalue weighted by Crippen LogP contribution is -2.61. The molecule has 0 aliphatic carbocycles. The summed E-state index contributed by atoms with van der Waals surface area (Å²) < 4.78 is 28.0. The van der Waals surface area contributed by atoms with Crippen molar-refractivity contribution in [1.82, 2.24) is 19.9 Å². The first kappa shape index (κ1) is 49.0. The Morgan fingerprint density at radius 3 is 2.08 bits per heavy atom. The van der Waals surface area contributed by atoms with Gasteiger partial charge in [0.15, 0.2) is 23.4 Å². The summed E-state index contributed by atoms with van der Waals surface area (Å²) in [5.74, 6) is -1.66. The fraction of sp³-hybridized carbons (Fsp3) is 0.449. The Bertz CT molecular complexity index is 2640. The van der Waals surface area contributed by atoms with Crippen LogP contribution >= 0.6 is 23.5 Å². The number of esters is 4. The van der Waals surface area contributed by atoms with Crippen LogP contribution in [0.25, 0.3) is 50.9 Å². The second-order valence-electron chi connectivity index (χ2n) is 16.3. The summed E-state index contributed by atoms with van der Waals surface area (Å²) in [4.78, 5) is 79.4. The van der Waals surface area contributed by atoms with Gasteiger partial charge in [-0.15, -0.1) is 11.8 Å². The van der Waals surface area contributed by atoms with E-state index in [1.807, 2.05) is 13.0 Å². The molecule has 0 amide bonds. The number of fused-ring (bicyclic) bond motifs is 8. The molecule has 5 atom stereocenters. The van der Waals surface area contributed by atoms with E-state index in [4.69, 9.17) is 33.7 Å². The molecule has 16 heteroatoms. The van der Waals surface area contributed by atoms with Crippen LogP contribution in [0.3, 0.4) is 0 Å². The maximum atomic E-state index is 13.5. The quantitative estimate of drug-likeness (QED) is 0.0834. The molecule has 8 bridgehead atoms. The van der Waals surface area contributed by atoms with E-state index in [1.165, 1.54) is 62.3 Å². The van der Waals surface area contributed by atoms with E-state index in [2.05, 4.69) is 75.4 Å². The minimum Gasteiger partial charge on any atom is -0.463 e. The molecule has 3 aliphatic rings. The standard InChI is InChI=1S/C49H58N4O10S2/c1-12-33-26(5)39-22-42-34(13-2)25(4)38(51-42)21-40-27(6)35(45(53-40)28(7)37-19-24(3)36(50-37)20-41(33)52-39)15-16-44(58)64-17-14-18-65-49-48(62-32(11)57)47(61-31(10)56)46(60-30(9)55)43(63-49)23-59-29(8)54/h13,19-22,43,46-49,51-52H,2,12,14-18,23H2,1,3-11H3/t43-,46-,47+,48-,49+/m1/s1. The van der Waals surface area contributed by atoms with E-state index < -0.39 is 53.7 Å². The van der Waals surface area contributed by atoms with Crippen LogP contribution in [0.15, 0.2) is 24.8 Å². The molecule has 6 rings (SSSR count). The highest BCUT2D eigenvalue weighted by Gasteiger charge is 2.52. The Morgan fingerprint density at radius 1 is 0.769 bits per heavy atom. The zero-order chi connectivity index (χ0) is 47.3. The molecular formula is C49H58N4O10S2. The Morgan fingerprint density at radius 2 is 1.42 bits per heavy atom. The van der Waals surface area contributed by atoms with Gasteiger partial charge < -0.3 is 33.7 Å². The first-order valence-electron chi connectivity index (χ1n) is 21.7. The van der Waals surface area contributed by atoms with Crippen LogP contribution < -0.4 is 0 Å². The number of carbonyl (C=O) groups is 5. The van der Waals surface area contributed by atoms with Crippen LogP contribution in [-0.2, 0) is 54.1 Å². The fourth-order valence-corrected chi connectivity index (χ4v) is 10.5. The van der Waals surface area contributed by atoms with Gasteiger partial charge in [-0.25, -0.2) is 9.97 Å². The Labute approximate surface area is 387 Å². The first-order chi connectivity index (χ1) is 30.9. The highest BCUT2D eigenvalue weighted by molar-refractivity contribution is 8.13. The molecule has 6 heterocycles. The van der Waals surface area contributed by atoms with Crippen LogP contribution in [0, 0.1) is 20.8 Å². The summed E-state index contributed by atoms with van der Waals surface area (Å²) in [6.45, 7) is 21.2. The van der Waals surface area contributed by atoms with Crippen LogP contribution in [0.1, 0.15) is 118 Å². The highest BCUT2D eigenvalue weighted by atomic mass is 32.2. The summed E-state index contributed by atoms with van der Waals surface area (Å²) in [7, 11) is 0. The zero-order valence-electron chi connectivity index (χ0n) is 38.7. The van der Waals surface area contributed by atoms with E-state index in [9.17, 15) is 24.0 Å². The summed E-state index contributed by atoms with van der Waals surface area (Å²) >= 11 is 2.53. The number of allylic oxidation sites excluding steroid dienone is 3. The lowest BCUT2D eigenvalue weighted by molar-refractivity contribution is -0.237. The van der Waals surface area contributed by atoms with Gasteiger partial charge in [0.05, 0.1) is 22.8 Å². The Hall–Kier alpha value is -5.45. The SMILES string of the molecule is C=Cc1c(C)c2cc3nc(c(C)c4nc(cc5[nH]c(cc1[nH]2)c(C)c5CC)C(C)=C4)C(CCC(=O)SCCCS[C@@H]1O[C@H](COC(C)=O)[C@@H](OC(C)=O)[C@H](OC(C)=O)[C@H]1OC(C)=O)=C3C. The van der Waals surface area contributed by atoms with Gasteiger partial charge in [0, 0.05) is 73.1 Å². The molecule has 65 heavy (non-hydrogen) atoms. The van der Waals surface area contributed by atoms with Gasteiger partial charge in [0.2, 0.25) is 0 Å². The van der Waals surface area contributed by atoms with Gasteiger partial charge in [0.25, 0.3) is 0 Å². The van der Waals surface area contributed by atoms with Gasteiger partial charge in [-0.3, -0.25) is 24.0 Å². The number of ether oxygens (including phenoxy) is 5. The van der Waals surface area contributed by atoms with Crippen molar-refractivity contribution >= 4 is 103 Å². The lowest BCUT2D eigenvalue weighted by atomic mass is 9.98. The van der Waals surface area contributed by atoms with Crippen LogP contribution in [0.2, 0.25) is 0 Å². The van der Waals surface area contributed by atoms with Gasteiger partial charge >= 0.3 is 23.9 Å². The molecule has 0 radical (unpaired) electrons. The number of aromatic amines is 2. The van der Waals surface area contributed by atoms with Crippen molar-refractivity contribution in [2.24, 2.45) is 0 Å². The van der Waals surface area contributed by atoms with Crippen LogP contribution in [0.5, 0.6) is 0 Å². The fourth-order valence-electron chi connectivity index (χ4n) is 8.41. The number of carbonyl (C=O) groups excluding carboxylic acids is 5. The monoisotopic (exact) mass is 926 g/mol. The molecule has 0 aromatic carbocycles. The van der Waals surface area contributed by atoms with Gasteiger partial charge in [-0.2, -0.15) is 0 Å². The summed E-state index contributed by atoms with van der Waals surface area (Å²) in [6, 6.07) is 6.35. The van der Waals surface area contributed by atoms with E-state index in [-0.39, 0.29) is 18.1 Å². The van der Waals surface area contributed by atoms with Crippen molar-refractivity contribution in [3.8, 4) is 0 Å². The number of rotatable bonds is 15. The lowest BCUT2D eigenvalue weighted by Gasteiger charge is -2.44. The van der Waals surface area contributed by atoms with Crippen molar-refractivity contribution in [2.75, 3.05) is 18.1 Å². The number of nitrogens with one attached hydrogen (secondary N) is 2. The number of hydrogen-bond acceptors (Lipinski definition) is 14. The topological polar surface area (TPSA) is 189 Å². The van der Waals surface area contributed by atoms with Crippen molar-refractivity contribution in [3.05, 3.63) is 75.4 Å². The Kier molecular flexibility index (Phi) is 16.0. The third-order valence-electron chi connectivity index (χ3n) is 11.7. The van der Waals surface area contributed by atoms with Crippen molar-refractivity contribution in [1.29, 1.82) is 0 Å². The second kappa shape index (κ2) is 21.2. The second-order valence-corrected chi connectivity index (χ2v) is 18.7. The minimum absolute atomic E-state index is 0.0257. The molecule has 3 aliphatic heterocycles. The van der Waals surface area contributed by atoms with Crippen molar-refractivity contribution in [3.63, 3.8) is 0 Å².